The minimum atomic E-state index is -0.931. The molecule has 0 saturated carbocycles. The van der Waals surface area contributed by atoms with Crippen LogP contribution in [0.1, 0.15) is 0 Å². The van der Waals surface area contributed by atoms with Crippen LogP contribution in [0, 0.1) is 15.9 Å². The zero-order chi connectivity index (χ0) is 12.1. The smallest absolute Gasteiger partial charge is 0.305 e. The molecule has 16 heavy (non-hydrogen) atoms. The number of halogens is 2. The van der Waals surface area contributed by atoms with E-state index in [4.69, 9.17) is 16.3 Å². The highest BCUT2D eigenvalue weighted by Crippen LogP contribution is 2.22. The Morgan fingerprint density at radius 1 is 1.62 bits per heavy atom. The second kappa shape index (κ2) is 5.46. The number of hydrogen-bond donors (Lipinski definition) is 0. The zero-order valence-corrected chi connectivity index (χ0v) is 9.04. The second-order valence-electron chi connectivity index (χ2n) is 3.04. The molecular weight excluding hydrogens is 237 g/mol. The molecule has 0 N–H and O–H groups in total. The van der Waals surface area contributed by atoms with Crippen molar-refractivity contribution in [3.05, 3.63) is 46.3 Å². The summed E-state index contributed by atoms with van der Waals surface area (Å²) in [5.41, 5.74) is 0.0592. The van der Waals surface area contributed by atoms with E-state index in [0.717, 1.165) is 12.1 Å². The molecule has 0 fully saturated rings. The van der Waals surface area contributed by atoms with Crippen LogP contribution in [0.3, 0.4) is 0 Å². The van der Waals surface area contributed by atoms with Crippen LogP contribution < -0.4 is 4.74 Å². The topological polar surface area (TPSA) is 52.4 Å². The fourth-order valence-corrected chi connectivity index (χ4v) is 1.03. The molecule has 0 heterocycles. The number of rotatable bonds is 5. The highest BCUT2D eigenvalue weighted by molar-refractivity contribution is 6.19. The summed E-state index contributed by atoms with van der Waals surface area (Å²) in [6.45, 7) is 3.75. The molecule has 0 amide bonds. The first-order valence-corrected chi connectivity index (χ1v) is 4.87. The van der Waals surface area contributed by atoms with Gasteiger partial charge in [-0.05, 0) is 11.6 Å². The SMILES string of the molecule is C=C(CCl)COc1ccc([N+](=O)[O-])c(F)c1. The first-order valence-electron chi connectivity index (χ1n) is 4.34. The molecule has 0 aliphatic heterocycles. The molecule has 6 heteroatoms. The van der Waals surface area contributed by atoms with Gasteiger partial charge in [0.25, 0.3) is 0 Å². The van der Waals surface area contributed by atoms with Gasteiger partial charge in [0.2, 0.25) is 5.82 Å². The molecule has 1 aromatic rings. The van der Waals surface area contributed by atoms with Gasteiger partial charge in [0.15, 0.2) is 0 Å². The van der Waals surface area contributed by atoms with Gasteiger partial charge in [-0.2, -0.15) is 4.39 Å². The van der Waals surface area contributed by atoms with Crippen LogP contribution in [0.25, 0.3) is 0 Å². The van der Waals surface area contributed by atoms with Crippen molar-refractivity contribution in [3.8, 4) is 5.75 Å². The predicted octanol–water partition coefficient (Wildman–Crippen LogP) is 2.91. The number of hydrogen-bond acceptors (Lipinski definition) is 3. The van der Waals surface area contributed by atoms with Gasteiger partial charge in [-0.1, -0.05) is 6.58 Å². The van der Waals surface area contributed by atoms with Gasteiger partial charge in [0.05, 0.1) is 4.92 Å². The molecule has 0 saturated heterocycles. The Labute approximate surface area is 96.4 Å². The quantitative estimate of drug-likeness (QED) is 0.347. The number of nitro benzene ring substituents is 1. The van der Waals surface area contributed by atoms with Crippen LogP contribution in [0.4, 0.5) is 10.1 Å². The number of alkyl halides is 1. The lowest BCUT2D eigenvalue weighted by Crippen LogP contribution is -2.02. The van der Waals surface area contributed by atoms with Crippen molar-refractivity contribution in [1.82, 2.24) is 0 Å². The highest BCUT2D eigenvalue weighted by atomic mass is 35.5. The fraction of sp³-hybridized carbons (Fsp3) is 0.200. The van der Waals surface area contributed by atoms with Crippen molar-refractivity contribution in [2.75, 3.05) is 12.5 Å². The van der Waals surface area contributed by atoms with Crippen molar-refractivity contribution in [1.29, 1.82) is 0 Å². The third kappa shape index (κ3) is 3.20. The van der Waals surface area contributed by atoms with E-state index in [-0.39, 0.29) is 18.2 Å². The van der Waals surface area contributed by atoms with Gasteiger partial charge in [-0.3, -0.25) is 10.1 Å². The fourth-order valence-electron chi connectivity index (χ4n) is 0.949. The summed E-state index contributed by atoms with van der Waals surface area (Å²) in [5, 5.41) is 10.3. The molecule has 86 valence electrons. The number of ether oxygens (including phenoxy) is 1. The monoisotopic (exact) mass is 245 g/mol. The Hall–Kier alpha value is -1.62. The molecule has 0 aliphatic rings. The lowest BCUT2D eigenvalue weighted by atomic mass is 10.3. The summed E-state index contributed by atoms with van der Waals surface area (Å²) in [7, 11) is 0. The van der Waals surface area contributed by atoms with Crippen LogP contribution >= 0.6 is 11.6 Å². The maximum Gasteiger partial charge on any atom is 0.305 e. The highest BCUT2D eigenvalue weighted by Gasteiger charge is 2.14. The molecule has 1 rings (SSSR count). The molecule has 0 bridgehead atoms. The van der Waals surface area contributed by atoms with Crippen LogP contribution in [0.2, 0.25) is 0 Å². The summed E-state index contributed by atoms with van der Waals surface area (Å²) in [6.07, 6.45) is 0. The number of benzene rings is 1. The third-order valence-electron chi connectivity index (χ3n) is 1.75. The normalized spacial score (nSPS) is 9.88. The van der Waals surface area contributed by atoms with Crippen molar-refractivity contribution in [3.63, 3.8) is 0 Å². The molecule has 1 aromatic carbocycles. The summed E-state index contributed by atoms with van der Waals surface area (Å²) >= 11 is 5.47. The molecule has 0 atom stereocenters. The van der Waals surface area contributed by atoms with Crippen LogP contribution in [-0.2, 0) is 0 Å². The van der Waals surface area contributed by atoms with Crippen molar-refractivity contribution in [2.24, 2.45) is 0 Å². The summed E-state index contributed by atoms with van der Waals surface area (Å²) in [6, 6.07) is 3.33. The maximum atomic E-state index is 13.1. The molecule has 0 spiro atoms. The van der Waals surface area contributed by atoms with E-state index in [1.54, 1.807) is 0 Å². The lowest BCUT2D eigenvalue weighted by molar-refractivity contribution is -0.387. The molecule has 0 aliphatic carbocycles. The lowest BCUT2D eigenvalue weighted by Gasteiger charge is -2.06. The Balaban J connectivity index is 2.74. The minimum absolute atomic E-state index is 0.154. The van der Waals surface area contributed by atoms with E-state index in [1.807, 2.05) is 0 Å². The Bertz CT molecular complexity index is 423. The molecule has 0 unspecified atom stereocenters. The van der Waals surface area contributed by atoms with Gasteiger partial charge in [0, 0.05) is 18.0 Å². The van der Waals surface area contributed by atoms with E-state index in [0.29, 0.717) is 5.57 Å². The predicted molar refractivity (Wildman–Crippen MR) is 58.4 cm³/mol. The van der Waals surface area contributed by atoms with Gasteiger partial charge in [-0.15, -0.1) is 11.6 Å². The van der Waals surface area contributed by atoms with Crippen molar-refractivity contribution >= 4 is 17.3 Å². The molecular formula is C10H9ClFNO3. The Kier molecular flexibility index (Phi) is 4.25. The van der Waals surface area contributed by atoms with Gasteiger partial charge < -0.3 is 4.74 Å². The van der Waals surface area contributed by atoms with Gasteiger partial charge in [0.1, 0.15) is 12.4 Å². The Morgan fingerprint density at radius 3 is 2.81 bits per heavy atom. The number of nitrogens with zero attached hydrogens (tertiary/aromatic N) is 1. The summed E-state index contributed by atoms with van der Waals surface area (Å²) in [4.78, 5) is 9.54. The van der Waals surface area contributed by atoms with Crippen molar-refractivity contribution in [2.45, 2.75) is 0 Å². The molecule has 0 aromatic heterocycles. The molecule has 0 radical (unpaired) electrons. The second-order valence-corrected chi connectivity index (χ2v) is 3.31. The van der Waals surface area contributed by atoms with E-state index in [2.05, 4.69) is 6.58 Å². The average molecular weight is 246 g/mol. The maximum absolute atomic E-state index is 13.1. The Morgan fingerprint density at radius 2 is 2.31 bits per heavy atom. The summed E-state index contributed by atoms with van der Waals surface area (Å²) < 4.78 is 18.3. The van der Waals surface area contributed by atoms with Gasteiger partial charge in [-0.25, -0.2) is 0 Å². The average Bonchev–Trinajstić information content (AvgIpc) is 2.25. The van der Waals surface area contributed by atoms with E-state index < -0.39 is 16.4 Å². The van der Waals surface area contributed by atoms with E-state index >= 15 is 0 Å². The first kappa shape index (κ1) is 12.4. The van der Waals surface area contributed by atoms with E-state index in [9.17, 15) is 14.5 Å². The largest absolute Gasteiger partial charge is 0.489 e. The van der Waals surface area contributed by atoms with Crippen molar-refractivity contribution < 1.29 is 14.1 Å². The van der Waals surface area contributed by atoms with Crippen LogP contribution in [-0.4, -0.2) is 17.4 Å². The zero-order valence-electron chi connectivity index (χ0n) is 8.28. The number of nitro groups is 1. The van der Waals surface area contributed by atoms with Gasteiger partial charge >= 0.3 is 5.69 Å². The standard InChI is InChI=1S/C10H9ClFNO3/c1-7(5-11)6-16-8-2-3-10(13(14)15)9(12)4-8/h2-4H,1,5-6H2. The van der Waals surface area contributed by atoms with E-state index in [1.165, 1.54) is 6.07 Å². The first-order chi connectivity index (χ1) is 7.54. The van der Waals surface area contributed by atoms with Crippen LogP contribution in [0.15, 0.2) is 30.4 Å². The van der Waals surface area contributed by atoms with Crippen LogP contribution in [0.5, 0.6) is 5.75 Å². The summed E-state index contributed by atoms with van der Waals surface area (Å²) in [5.74, 6) is -0.483. The third-order valence-corrected chi connectivity index (χ3v) is 2.13. The minimum Gasteiger partial charge on any atom is -0.489 e. The molecule has 4 nitrogen and oxygen atoms in total.